The fourth-order valence-electron chi connectivity index (χ4n) is 4.45. The molecule has 0 bridgehead atoms. The number of amides is 1. The van der Waals surface area contributed by atoms with Crippen molar-refractivity contribution in [2.45, 2.75) is 25.7 Å². The number of phenols is 1. The van der Waals surface area contributed by atoms with E-state index in [0.717, 1.165) is 5.69 Å². The second-order valence-corrected chi connectivity index (χ2v) is 8.82. The largest absolute Gasteiger partial charge is 0.507 e. The molecule has 1 amide bonds. The van der Waals surface area contributed by atoms with Crippen LogP contribution in [0.15, 0.2) is 66.7 Å². The number of nitrogens with zero attached hydrogens (tertiary/aromatic N) is 1. The Kier molecular flexibility index (Phi) is 5.87. The summed E-state index contributed by atoms with van der Waals surface area (Å²) in [6.07, 6.45) is 0.155. The Balaban J connectivity index is 2.13. The lowest BCUT2D eigenvalue weighted by molar-refractivity contribution is -0.121. The molecule has 34 heavy (non-hydrogen) atoms. The van der Waals surface area contributed by atoms with Crippen LogP contribution in [0.1, 0.15) is 36.3 Å². The van der Waals surface area contributed by atoms with Crippen LogP contribution in [0.25, 0.3) is 27.7 Å². The van der Waals surface area contributed by atoms with Gasteiger partial charge in [0.2, 0.25) is 5.91 Å². The summed E-state index contributed by atoms with van der Waals surface area (Å²) in [6.45, 7) is 3.87. The van der Waals surface area contributed by atoms with Gasteiger partial charge in [0.05, 0.1) is 11.1 Å². The molecular weight excluding hydrogens is 435 g/mol. The number of hydrogen-bond acceptors (Lipinski definition) is 3. The highest BCUT2D eigenvalue weighted by Crippen LogP contribution is 2.46. The summed E-state index contributed by atoms with van der Waals surface area (Å²) < 4.78 is 15.7. The number of carbonyl (C=O) groups is 2. The number of nitrogens with one attached hydrogen (secondary N) is 1. The minimum Gasteiger partial charge on any atom is -0.507 e. The van der Waals surface area contributed by atoms with Crippen molar-refractivity contribution < 1.29 is 24.2 Å². The predicted molar refractivity (Wildman–Crippen MR) is 129 cm³/mol. The number of aromatic carboxylic acids is 1. The number of carbonyl (C=O) groups excluding carboxylic acids is 1. The third kappa shape index (κ3) is 4.01. The first kappa shape index (κ1) is 23.0. The van der Waals surface area contributed by atoms with Gasteiger partial charge in [0.15, 0.2) is 0 Å². The first-order chi connectivity index (χ1) is 16.1. The van der Waals surface area contributed by atoms with Crippen molar-refractivity contribution in [1.29, 1.82) is 0 Å². The van der Waals surface area contributed by atoms with Crippen LogP contribution in [-0.2, 0) is 10.2 Å². The maximum atomic E-state index is 13.8. The number of halogens is 1. The van der Waals surface area contributed by atoms with Crippen molar-refractivity contribution in [3.05, 3.63) is 83.8 Å². The van der Waals surface area contributed by atoms with E-state index in [-0.39, 0.29) is 29.5 Å². The first-order valence-corrected chi connectivity index (χ1v) is 10.8. The van der Waals surface area contributed by atoms with Gasteiger partial charge in [-0.05, 0) is 54.1 Å². The van der Waals surface area contributed by atoms with E-state index in [1.165, 1.54) is 24.3 Å². The smallest absolute Gasteiger partial charge is 0.335 e. The number of carboxylic acid groups (broad SMARTS) is 1. The van der Waals surface area contributed by atoms with Crippen LogP contribution in [0.2, 0.25) is 0 Å². The Labute approximate surface area is 196 Å². The molecule has 1 heterocycles. The summed E-state index contributed by atoms with van der Waals surface area (Å²) >= 11 is 0. The van der Waals surface area contributed by atoms with Crippen molar-refractivity contribution in [2.24, 2.45) is 0 Å². The Bertz CT molecular complexity index is 1390. The van der Waals surface area contributed by atoms with Crippen molar-refractivity contribution in [3.63, 3.8) is 0 Å². The molecule has 7 heteroatoms. The lowest BCUT2D eigenvalue weighted by Gasteiger charge is -2.28. The fourth-order valence-corrected chi connectivity index (χ4v) is 4.45. The Morgan fingerprint density at radius 1 is 1.00 bits per heavy atom. The van der Waals surface area contributed by atoms with Crippen molar-refractivity contribution in [2.75, 3.05) is 7.05 Å². The normalized spacial score (nSPS) is 11.5. The van der Waals surface area contributed by atoms with Crippen molar-refractivity contribution in [1.82, 2.24) is 9.88 Å². The van der Waals surface area contributed by atoms with E-state index in [2.05, 4.69) is 5.32 Å². The van der Waals surface area contributed by atoms with E-state index in [4.69, 9.17) is 0 Å². The summed E-state index contributed by atoms with van der Waals surface area (Å²) in [7, 11) is 1.57. The van der Waals surface area contributed by atoms with E-state index < -0.39 is 11.4 Å². The van der Waals surface area contributed by atoms with Crippen LogP contribution in [0.3, 0.4) is 0 Å². The molecule has 0 aliphatic heterocycles. The highest BCUT2D eigenvalue weighted by Gasteiger charge is 2.34. The number of phenolic OH excluding ortho intramolecular Hbond substituents is 1. The molecule has 3 aromatic carbocycles. The topological polar surface area (TPSA) is 91.6 Å². The van der Waals surface area contributed by atoms with Crippen LogP contribution in [0, 0.1) is 5.82 Å². The molecule has 0 saturated carbocycles. The predicted octanol–water partition coefficient (Wildman–Crippen LogP) is 5.25. The quantitative estimate of drug-likeness (QED) is 0.366. The fraction of sp³-hybridized carbons (Fsp3) is 0.185. The number of aromatic hydroxyl groups is 1. The Morgan fingerprint density at radius 2 is 1.65 bits per heavy atom. The third-order valence-corrected chi connectivity index (χ3v) is 6.00. The third-order valence-electron chi connectivity index (χ3n) is 6.00. The lowest BCUT2D eigenvalue weighted by atomic mass is 9.81. The molecule has 174 valence electrons. The standard InChI is InChI=1S/C27H25FN2O4/c1-27(2,15-22(32)29-3)25-23(16-7-9-17(10-8-16)26(33)34)24-20(5-4-6-21(24)31)30(25)19-13-11-18(28)12-14-19/h4-14,31H,15H2,1-3H3,(H,29,32)(H,33,34). The average molecular weight is 461 g/mol. The molecule has 0 fully saturated rings. The number of aromatic nitrogens is 1. The lowest BCUT2D eigenvalue weighted by Crippen LogP contribution is -2.30. The highest BCUT2D eigenvalue weighted by atomic mass is 19.1. The molecule has 0 saturated heterocycles. The molecule has 0 radical (unpaired) electrons. The van der Waals surface area contributed by atoms with Crippen molar-refractivity contribution >= 4 is 22.8 Å². The number of fused-ring (bicyclic) bond motifs is 1. The van der Waals surface area contributed by atoms with Gasteiger partial charge < -0.3 is 20.1 Å². The van der Waals surface area contributed by atoms with Crippen LogP contribution in [0.4, 0.5) is 4.39 Å². The number of carboxylic acids is 1. The van der Waals surface area contributed by atoms with Gasteiger partial charge in [0.1, 0.15) is 11.6 Å². The Hall–Kier alpha value is -4.13. The maximum absolute atomic E-state index is 13.8. The molecule has 1 aromatic heterocycles. The molecule has 0 unspecified atom stereocenters. The van der Waals surface area contributed by atoms with Gasteiger partial charge in [0, 0.05) is 41.2 Å². The second-order valence-electron chi connectivity index (χ2n) is 8.82. The maximum Gasteiger partial charge on any atom is 0.335 e. The number of hydrogen-bond donors (Lipinski definition) is 3. The summed E-state index contributed by atoms with van der Waals surface area (Å²) in [5, 5.41) is 23.5. The molecule has 0 aliphatic rings. The summed E-state index contributed by atoms with van der Waals surface area (Å²) in [5.74, 6) is -1.52. The summed E-state index contributed by atoms with van der Waals surface area (Å²) in [4.78, 5) is 23.9. The van der Waals surface area contributed by atoms with Crippen LogP contribution >= 0.6 is 0 Å². The van der Waals surface area contributed by atoms with Crippen molar-refractivity contribution in [3.8, 4) is 22.6 Å². The number of benzene rings is 3. The molecule has 0 atom stereocenters. The SMILES string of the molecule is CNC(=O)CC(C)(C)c1c(-c2ccc(C(=O)O)cc2)c2c(O)cccc2n1-c1ccc(F)cc1. The molecule has 4 aromatic rings. The van der Waals surface area contributed by atoms with Crippen LogP contribution in [-0.4, -0.2) is 33.7 Å². The molecule has 6 nitrogen and oxygen atoms in total. The summed E-state index contributed by atoms with van der Waals surface area (Å²) in [5.41, 5.74) is 2.89. The molecule has 0 aliphatic carbocycles. The zero-order valence-corrected chi connectivity index (χ0v) is 19.1. The summed E-state index contributed by atoms with van der Waals surface area (Å²) in [6, 6.07) is 17.6. The van der Waals surface area contributed by atoms with Gasteiger partial charge in [-0.15, -0.1) is 0 Å². The zero-order chi connectivity index (χ0) is 24.6. The van der Waals surface area contributed by atoms with Gasteiger partial charge in [-0.3, -0.25) is 4.79 Å². The molecular formula is C27H25FN2O4. The van der Waals surface area contributed by atoms with Gasteiger partial charge in [0.25, 0.3) is 0 Å². The monoisotopic (exact) mass is 460 g/mol. The van der Waals surface area contributed by atoms with Gasteiger partial charge in [-0.1, -0.05) is 32.0 Å². The highest BCUT2D eigenvalue weighted by molar-refractivity contribution is 6.04. The van der Waals surface area contributed by atoms with Gasteiger partial charge in [-0.2, -0.15) is 0 Å². The molecule has 3 N–H and O–H groups in total. The minimum absolute atomic E-state index is 0.0488. The van der Waals surface area contributed by atoms with Crippen LogP contribution in [0.5, 0.6) is 5.75 Å². The second kappa shape index (κ2) is 8.67. The van der Waals surface area contributed by atoms with E-state index in [0.29, 0.717) is 27.7 Å². The minimum atomic E-state index is -1.04. The first-order valence-electron chi connectivity index (χ1n) is 10.8. The van der Waals surface area contributed by atoms with E-state index in [9.17, 15) is 24.2 Å². The van der Waals surface area contributed by atoms with E-state index in [1.807, 2.05) is 24.5 Å². The Morgan fingerprint density at radius 3 is 2.24 bits per heavy atom. The van der Waals surface area contributed by atoms with Crippen LogP contribution < -0.4 is 5.32 Å². The van der Waals surface area contributed by atoms with Gasteiger partial charge in [-0.25, -0.2) is 9.18 Å². The van der Waals surface area contributed by atoms with E-state index >= 15 is 0 Å². The average Bonchev–Trinajstić information content (AvgIpc) is 3.17. The van der Waals surface area contributed by atoms with E-state index in [1.54, 1.807) is 43.4 Å². The molecule has 4 rings (SSSR count). The van der Waals surface area contributed by atoms with Gasteiger partial charge >= 0.3 is 5.97 Å². The zero-order valence-electron chi connectivity index (χ0n) is 19.1. The number of rotatable bonds is 6. The molecule has 0 spiro atoms.